The molecule has 0 unspecified atom stereocenters. The van der Waals surface area contributed by atoms with E-state index in [9.17, 15) is 0 Å². The summed E-state index contributed by atoms with van der Waals surface area (Å²) in [6.45, 7) is 0. The van der Waals surface area contributed by atoms with Crippen molar-refractivity contribution >= 4 is 144 Å². The van der Waals surface area contributed by atoms with E-state index in [1.807, 2.05) is 0 Å². The topological polar surface area (TPSA) is 207 Å². The van der Waals surface area contributed by atoms with Crippen LogP contribution in [0.15, 0.2) is 0 Å². The Hall–Kier alpha value is 4.91. The summed E-state index contributed by atoms with van der Waals surface area (Å²) in [5.41, 5.74) is 0. The molecule has 0 bridgehead atoms. The van der Waals surface area contributed by atoms with Gasteiger partial charge in [-0.3, -0.25) is 0 Å². The first kappa shape index (κ1) is 43.1. The molecule has 0 aromatic heterocycles. The fourth-order valence-electron chi connectivity index (χ4n) is 0. The Labute approximate surface area is 213 Å². The quantitative estimate of drug-likeness (QED) is 0.332. The Bertz CT molecular complexity index is 140. The molecule has 0 amide bonds. The van der Waals surface area contributed by atoms with Gasteiger partial charge in [0.15, 0.2) is 0 Å². The standard InChI is InChI=1S/2Al.3Ca.10O.2Ti/q;;3*+2;;;;;6*-1;;. The van der Waals surface area contributed by atoms with Crippen LogP contribution >= 0.6 is 0 Å². The molecular formula is Al2Ca3O10Ti2. The van der Waals surface area contributed by atoms with Crippen molar-refractivity contribution in [2.24, 2.45) is 0 Å². The van der Waals surface area contributed by atoms with Crippen LogP contribution < -0.4 is 23.1 Å². The summed E-state index contributed by atoms with van der Waals surface area (Å²) < 4.78 is 85.3. The SMILES string of the molecule is [Ca+2].[Ca+2].[Ca+2].[O]=[Al][O-].[O]=[Al][O-].[O]=[Ti]([O-])[O-].[O]=[Ti]([O-])[O-]. The van der Waals surface area contributed by atoms with E-state index in [2.05, 4.69) is 0 Å². The van der Waals surface area contributed by atoms with Gasteiger partial charge in [0.2, 0.25) is 0 Å². The molecule has 80 valence electrons. The second-order valence-electron chi connectivity index (χ2n) is 0.692. The van der Waals surface area contributed by atoms with Gasteiger partial charge >= 0.3 is 219 Å². The molecule has 17 heteroatoms. The monoisotopic (exact) mass is 430 g/mol. The molecule has 0 spiro atoms. The maximum absolute atomic E-state index is 8.58. The predicted molar refractivity (Wildman–Crippen MR) is 31.5 cm³/mol. The van der Waals surface area contributed by atoms with Crippen LogP contribution in [0.4, 0.5) is 0 Å². The molecule has 0 aromatic carbocycles. The summed E-state index contributed by atoms with van der Waals surface area (Å²) in [5.74, 6) is 0. The molecule has 0 aromatic rings. The van der Waals surface area contributed by atoms with Crippen LogP contribution in [0, 0.1) is 0 Å². The Morgan fingerprint density at radius 3 is 0.647 bits per heavy atom. The maximum atomic E-state index is 8.58. The molecule has 0 aliphatic rings. The first-order chi connectivity index (χ1) is 6.29. The molecule has 0 heterocycles. The Kier molecular flexibility index (Phi) is 126. The van der Waals surface area contributed by atoms with Crippen LogP contribution in [0.1, 0.15) is 0 Å². The summed E-state index contributed by atoms with van der Waals surface area (Å²) in [6.07, 6.45) is 0. The molecule has 0 aliphatic carbocycles. The van der Waals surface area contributed by atoms with E-state index >= 15 is 0 Å². The van der Waals surface area contributed by atoms with Gasteiger partial charge in [-0.25, -0.2) is 0 Å². The first-order valence-electron chi connectivity index (χ1n) is 2.17. The normalized spacial score (nSPS) is 4.00. The van der Waals surface area contributed by atoms with E-state index in [-0.39, 0.29) is 113 Å². The molecule has 0 N–H and O–H groups in total. The predicted octanol–water partition coefficient (Wildman–Crippen LogP) is -9.52. The molecule has 0 radical (unpaired) electrons. The van der Waals surface area contributed by atoms with Crippen molar-refractivity contribution < 1.29 is 74.6 Å². The Morgan fingerprint density at radius 1 is 0.647 bits per heavy atom. The minimum atomic E-state index is -4.08. The third kappa shape index (κ3) is 310. The minimum absolute atomic E-state index is 0. The average Bonchev–Trinajstić information content (AvgIpc) is 1.85. The zero-order valence-electron chi connectivity index (χ0n) is 8.36. The Morgan fingerprint density at radius 2 is 0.647 bits per heavy atom. The van der Waals surface area contributed by atoms with Gasteiger partial charge in [0.25, 0.3) is 0 Å². The van der Waals surface area contributed by atoms with Crippen molar-refractivity contribution in [3.8, 4) is 0 Å². The van der Waals surface area contributed by atoms with E-state index in [1.165, 1.54) is 0 Å². The van der Waals surface area contributed by atoms with Gasteiger partial charge in [0.1, 0.15) is 0 Å². The zero-order chi connectivity index (χ0) is 12.6. The van der Waals surface area contributed by atoms with Crippen LogP contribution in [0.3, 0.4) is 0 Å². The van der Waals surface area contributed by atoms with E-state index in [1.54, 1.807) is 0 Å². The van der Waals surface area contributed by atoms with Crippen molar-refractivity contribution in [1.82, 2.24) is 0 Å². The third-order valence-electron chi connectivity index (χ3n) is 0. The Balaban J connectivity index is -0.0000000149. The molecule has 0 atom stereocenters. The average molecular weight is 430 g/mol. The van der Waals surface area contributed by atoms with Gasteiger partial charge in [0, 0.05) is 0 Å². The summed E-state index contributed by atoms with van der Waals surface area (Å²) in [5, 5.41) is 0. The molecular weight excluding hydrogens is 430 g/mol. The van der Waals surface area contributed by atoms with E-state index in [0.717, 1.165) is 0 Å². The van der Waals surface area contributed by atoms with Gasteiger partial charge < -0.3 is 0 Å². The molecule has 17 heavy (non-hydrogen) atoms. The molecule has 0 saturated carbocycles. The van der Waals surface area contributed by atoms with Gasteiger partial charge in [-0.05, 0) is 0 Å². The van der Waals surface area contributed by atoms with Crippen molar-refractivity contribution in [1.29, 1.82) is 0 Å². The van der Waals surface area contributed by atoms with E-state index in [4.69, 9.17) is 37.3 Å². The fourth-order valence-corrected chi connectivity index (χ4v) is 0. The summed E-state index contributed by atoms with van der Waals surface area (Å²) >= 11 is -11.7. The molecule has 0 fully saturated rings. The van der Waals surface area contributed by atoms with E-state index in [0.29, 0.717) is 0 Å². The van der Waals surface area contributed by atoms with Crippen molar-refractivity contribution in [2.75, 3.05) is 0 Å². The third-order valence-corrected chi connectivity index (χ3v) is 0. The number of hydrogen-bond acceptors (Lipinski definition) is 10. The summed E-state index contributed by atoms with van der Waals surface area (Å²) in [7, 11) is 0. The van der Waals surface area contributed by atoms with Gasteiger partial charge in [0.05, 0.1) is 0 Å². The fraction of sp³-hybridized carbons (Fsp3) is 0. The van der Waals surface area contributed by atoms with Crippen molar-refractivity contribution in [2.45, 2.75) is 0 Å². The molecule has 0 saturated heterocycles. The first-order valence-corrected chi connectivity index (χ1v) is 7.88. The van der Waals surface area contributed by atoms with Gasteiger partial charge in [-0.1, -0.05) is 0 Å². The van der Waals surface area contributed by atoms with E-state index < -0.39 is 68.2 Å². The second kappa shape index (κ2) is 49.7. The van der Waals surface area contributed by atoms with Crippen molar-refractivity contribution in [3.63, 3.8) is 0 Å². The van der Waals surface area contributed by atoms with Crippen LogP contribution in [0.5, 0.6) is 0 Å². The molecule has 10 nitrogen and oxygen atoms in total. The zero-order valence-corrected chi connectivity index (χ0v) is 20.4. The molecule has 0 rings (SSSR count). The van der Waals surface area contributed by atoms with Crippen molar-refractivity contribution in [3.05, 3.63) is 0 Å². The van der Waals surface area contributed by atoms with Gasteiger partial charge in [-0.15, -0.1) is 0 Å². The van der Waals surface area contributed by atoms with Crippen LogP contribution in [-0.4, -0.2) is 144 Å². The summed E-state index contributed by atoms with van der Waals surface area (Å²) in [4.78, 5) is 0. The van der Waals surface area contributed by atoms with Crippen LogP contribution in [-0.2, 0) is 51.5 Å². The van der Waals surface area contributed by atoms with Gasteiger partial charge in [-0.2, -0.15) is 0 Å². The number of rotatable bonds is 0. The summed E-state index contributed by atoms with van der Waals surface area (Å²) in [6, 6.07) is 0. The second-order valence-corrected chi connectivity index (χ2v) is 2.64. The van der Waals surface area contributed by atoms with Crippen LogP contribution in [0.25, 0.3) is 0 Å². The van der Waals surface area contributed by atoms with Crippen LogP contribution in [0.2, 0.25) is 0 Å². The number of hydrogen-bond donors (Lipinski definition) is 0. The molecule has 0 aliphatic heterocycles.